The number of pyridine rings is 2. The average Bonchev–Trinajstić information content (AvgIpc) is 3.65. The molecule has 8 aromatic rings. The Labute approximate surface area is 303 Å². The molecule has 49 heavy (non-hydrogen) atoms. The molecule has 244 valence electrons. The Morgan fingerprint density at radius 1 is 0.449 bits per heavy atom. The molecule has 0 N–H and O–H groups in total. The van der Waals surface area contributed by atoms with E-state index in [1.165, 1.54) is 44.8 Å². The van der Waals surface area contributed by atoms with Gasteiger partial charge >= 0.3 is 21.1 Å². The molecule has 0 bridgehead atoms. The number of aryl methyl sites for hydroxylation is 6. The molecule has 0 saturated carbocycles. The summed E-state index contributed by atoms with van der Waals surface area (Å²) in [5.41, 5.74) is 16.3. The SMILES string of the molecule is Cc1cc(C)c(-n2c(-c3ccccn3)[c-]c3ccccc32)c(C)c1.Cc1cc(C)c(-n2c(-c3ccccn3)[c-]c3ccccc32)c(C)c1.[Pt+2]. The molecule has 0 aliphatic heterocycles. The van der Waals surface area contributed by atoms with Gasteiger partial charge in [0.1, 0.15) is 0 Å². The van der Waals surface area contributed by atoms with Gasteiger partial charge in [-0.3, -0.25) is 0 Å². The van der Waals surface area contributed by atoms with Crippen LogP contribution in [0, 0.1) is 53.7 Å². The Morgan fingerprint density at radius 2 is 0.796 bits per heavy atom. The third kappa shape index (κ3) is 6.54. The summed E-state index contributed by atoms with van der Waals surface area (Å²) >= 11 is 0. The zero-order valence-corrected chi connectivity index (χ0v) is 30.9. The van der Waals surface area contributed by atoms with Crippen LogP contribution in [0.4, 0.5) is 0 Å². The largest absolute Gasteiger partial charge is 2.00 e. The third-order valence-corrected chi connectivity index (χ3v) is 8.78. The van der Waals surface area contributed by atoms with E-state index in [0.29, 0.717) is 0 Å². The quantitative estimate of drug-likeness (QED) is 0.166. The number of nitrogens with zero attached hydrogens (tertiary/aromatic N) is 4. The number of rotatable bonds is 4. The van der Waals surface area contributed by atoms with E-state index in [1.807, 2.05) is 48.8 Å². The van der Waals surface area contributed by atoms with Crippen molar-refractivity contribution in [2.45, 2.75) is 41.5 Å². The summed E-state index contributed by atoms with van der Waals surface area (Å²) in [6.07, 6.45) is 3.67. The fourth-order valence-corrected chi connectivity index (χ4v) is 7.03. The first-order valence-electron chi connectivity index (χ1n) is 16.3. The summed E-state index contributed by atoms with van der Waals surface area (Å²) < 4.78 is 4.59. The van der Waals surface area contributed by atoms with Gasteiger partial charge in [-0.05, 0) is 98.4 Å². The summed E-state index contributed by atoms with van der Waals surface area (Å²) in [4.78, 5) is 9.11. The van der Waals surface area contributed by atoms with Crippen LogP contribution in [-0.4, -0.2) is 19.1 Å². The molecular formula is C44H38N4Pt. The Bertz CT molecular complexity index is 2180. The van der Waals surface area contributed by atoms with Crippen LogP contribution in [0.3, 0.4) is 0 Å². The molecule has 8 rings (SSSR count). The molecule has 0 saturated heterocycles. The minimum Gasteiger partial charge on any atom is -0.365 e. The summed E-state index contributed by atoms with van der Waals surface area (Å²) in [7, 11) is 0. The van der Waals surface area contributed by atoms with E-state index in [0.717, 1.165) is 44.6 Å². The first-order chi connectivity index (χ1) is 23.3. The monoisotopic (exact) mass is 817 g/mol. The van der Waals surface area contributed by atoms with E-state index in [9.17, 15) is 0 Å². The number of hydrogen-bond acceptors (Lipinski definition) is 2. The van der Waals surface area contributed by atoms with Crippen molar-refractivity contribution in [3.05, 3.63) is 167 Å². The molecule has 0 amide bonds. The summed E-state index contributed by atoms with van der Waals surface area (Å²) in [5, 5.41) is 2.22. The van der Waals surface area contributed by atoms with Gasteiger partial charge in [-0.2, -0.15) is 0 Å². The van der Waals surface area contributed by atoms with Crippen molar-refractivity contribution in [2.24, 2.45) is 0 Å². The van der Waals surface area contributed by atoms with Crippen LogP contribution < -0.4 is 0 Å². The molecule has 4 heterocycles. The smallest absolute Gasteiger partial charge is 0.365 e. The standard InChI is InChI=1S/2C22H19N2.Pt/c2*1-15-12-16(2)22(17(3)13-15)24-20-10-5-4-8-18(20)14-21(24)19-9-6-7-11-23-19;/h2*4-13H,1-3H3;/q2*-1;+2. The third-order valence-electron chi connectivity index (χ3n) is 8.78. The molecular weight excluding hydrogens is 780 g/mol. The van der Waals surface area contributed by atoms with Crippen molar-refractivity contribution < 1.29 is 21.1 Å². The van der Waals surface area contributed by atoms with Crippen LogP contribution in [0.15, 0.2) is 122 Å². The van der Waals surface area contributed by atoms with Gasteiger partial charge in [0.15, 0.2) is 0 Å². The van der Waals surface area contributed by atoms with E-state index in [4.69, 9.17) is 0 Å². The van der Waals surface area contributed by atoms with Gasteiger partial charge in [-0.25, -0.2) is 0 Å². The summed E-state index contributed by atoms with van der Waals surface area (Å²) in [6, 6.07) is 44.8. The van der Waals surface area contributed by atoms with Crippen LogP contribution in [-0.2, 0) is 21.1 Å². The van der Waals surface area contributed by atoms with E-state index < -0.39 is 0 Å². The van der Waals surface area contributed by atoms with Crippen molar-refractivity contribution in [3.63, 3.8) is 0 Å². The summed E-state index contributed by atoms with van der Waals surface area (Å²) in [6.45, 7) is 13.0. The number of para-hydroxylation sites is 2. The second kappa shape index (κ2) is 14.2. The molecule has 0 atom stereocenters. The molecule has 4 aromatic carbocycles. The number of aromatic nitrogens is 4. The van der Waals surface area contributed by atoms with Gasteiger partial charge in [0.25, 0.3) is 0 Å². The van der Waals surface area contributed by atoms with Crippen LogP contribution in [0.25, 0.3) is 56.0 Å². The van der Waals surface area contributed by atoms with Crippen LogP contribution >= 0.6 is 0 Å². The van der Waals surface area contributed by atoms with Crippen molar-refractivity contribution in [3.8, 4) is 34.2 Å². The van der Waals surface area contributed by atoms with E-state index >= 15 is 0 Å². The van der Waals surface area contributed by atoms with Crippen LogP contribution in [0.2, 0.25) is 0 Å². The van der Waals surface area contributed by atoms with Crippen molar-refractivity contribution >= 4 is 21.8 Å². The maximum absolute atomic E-state index is 4.56. The number of hydrogen-bond donors (Lipinski definition) is 0. The van der Waals surface area contributed by atoms with E-state index in [-0.39, 0.29) is 21.1 Å². The second-order valence-electron chi connectivity index (χ2n) is 12.6. The predicted octanol–water partition coefficient (Wildman–Crippen LogP) is 10.8. The topological polar surface area (TPSA) is 35.6 Å². The van der Waals surface area contributed by atoms with Crippen molar-refractivity contribution in [1.29, 1.82) is 0 Å². The molecule has 0 unspecified atom stereocenters. The van der Waals surface area contributed by atoms with Gasteiger partial charge < -0.3 is 19.1 Å². The molecule has 0 spiro atoms. The predicted molar refractivity (Wildman–Crippen MR) is 199 cm³/mol. The zero-order valence-electron chi connectivity index (χ0n) is 28.7. The first kappa shape index (κ1) is 33.8. The zero-order chi connectivity index (χ0) is 33.4. The molecule has 0 aliphatic rings. The number of fused-ring (bicyclic) bond motifs is 2. The fourth-order valence-electron chi connectivity index (χ4n) is 7.03. The number of benzene rings is 4. The van der Waals surface area contributed by atoms with Gasteiger partial charge in [-0.1, -0.05) is 83.9 Å². The maximum atomic E-state index is 4.56. The van der Waals surface area contributed by atoms with Gasteiger partial charge in [0.05, 0.1) is 0 Å². The minimum atomic E-state index is 0. The fraction of sp³-hybridized carbons (Fsp3) is 0.136. The van der Waals surface area contributed by atoms with Gasteiger partial charge in [0.2, 0.25) is 0 Å². The maximum Gasteiger partial charge on any atom is 2.00 e. The molecule has 5 heteroatoms. The van der Waals surface area contributed by atoms with Gasteiger partial charge in [0, 0.05) is 35.2 Å². The average molecular weight is 818 g/mol. The van der Waals surface area contributed by atoms with Crippen molar-refractivity contribution in [2.75, 3.05) is 0 Å². The first-order valence-corrected chi connectivity index (χ1v) is 16.3. The van der Waals surface area contributed by atoms with Crippen LogP contribution in [0.1, 0.15) is 33.4 Å². The molecule has 4 nitrogen and oxygen atoms in total. The normalized spacial score (nSPS) is 10.9. The molecule has 0 radical (unpaired) electrons. The molecule has 0 aliphatic carbocycles. The van der Waals surface area contributed by atoms with Gasteiger partial charge in [-0.15, -0.1) is 47.2 Å². The Kier molecular flexibility index (Phi) is 9.81. The Balaban J connectivity index is 0.000000167. The Morgan fingerprint density at radius 3 is 1.14 bits per heavy atom. The Hall–Kier alpha value is -5.05. The van der Waals surface area contributed by atoms with Crippen molar-refractivity contribution in [1.82, 2.24) is 19.1 Å². The molecule has 4 aromatic heterocycles. The minimum absolute atomic E-state index is 0. The van der Waals surface area contributed by atoms with E-state index in [2.05, 4.69) is 146 Å². The van der Waals surface area contributed by atoms with E-state index in [1.54, 1.807) is 0 Å². The second-order valence-corrected chi connectivity index (χ2v) is 12.6. The molecule has 0 fully saturated rings. The summed E-state index contributed by atoms with van der Waals surface area (Å²) in [5.74, 6) is 0. The van der Waals surface area contributed by atoms with Crippen LogP contribution in [0.5, 0.6) is 0 Å².